The Morgan fingerprint density at radius 3 is 3.04 bits per heavy atom. The van der Waals surface area contributed by atoms with Crippen LogP contribution in [0, 0.1) is 5.92 Å². The topological polar surface area (TPSA) is 64.1 Å². The molecule has 0 bridgehead atoms. The zero-order valence-electron chi connectivity index (χ0n) is 14.5. The van der Waals surface area contributed by atoms with Gasteiger partial charge in [0.15, 0.2) is 5.16 Å². The van der Waals surface area contributed by atoms with E-state index in [1.54, 1.807) is 6.20 Å². The number of benzene rings is 1. The highest BCUT2D eigenvalue weighted by Gasteiger charge is 2.28. The molecule has 1 amide bonds. The molecular weight excluding hydrogens is 370 g/mol. The number of thioether (sulfide) groups is 1. The highest BCUT2D eigenvalue weighted by Crippen LogP contribution is 2.39. The Morgan fingerprint density at radius 1 is 1.42 bits per heavy atom. The number of aromatic nitrogens is 2. The molecule has 1 saturated carbocycles. The third kappa shape index (κ3) is 3.96. The zero-order chi connectivity index (χ0) is 18.1. The van der Waals surface area contributed by atoms with E-state index in [0.717, 1.165) is 34.1 Å². The molecular formula is C19H20ClN3O2S. The van der Waals surface area contributed by atoms with Gasteiger partial charge in [-0.1, -0.05) is 23.4 Å². The van der Waals surface area contributed by atoms with Crippen molar-refractivity contribution in [1.82, 2.24) is 15.3 Å². The lowest BCUT2D eigenvalue weighted by molar-refractivity contribution is -0.121. The summed E-state index contributed by atoms with van der Waals surface area (Å²) in [5.74, 6) is 1.42. The molecule has 2 aromatic rings. The van der Waals surface area contributed by atoms with Crippen LogP contribution in [0.4, 0.5) is 0 Å². The Labute approximate surface area is 161 Å². The fourth-order valence-corrected chi connectivity index (χ4v) is 3.77. The van der Waals surface area contributed by atoms with Crippen molar-refractivity contribution in [1.29, 1.82) is 0 Å². The zero-order valence-corrected chi connectivity index (χ0v) is 16.1. The first-order chi connectivity index (χ1) is 12.6. The van der Waals surface area contributed by atoms with Gasteiger partial charge in [0.1, 0.15) is 11.9 Å². The summed E-state index contributed by atoms with van der Waals surface area (Å²) in [6.45, 7) is 0.510. The normalized spacial score (nSPS) is 18.3. The minimum Gasteiger partial charge on any atom is -0.486 e. The Hall–Kier alpha value is -1.79. The Balaban J connectivity index is 1.45. The molecule has 0 radical (unpaired) electrons. The summed E-state index contributed by atoms with van der Waals surface area (Å²) < 4.78 is 5.96. The summed E-state index contributed by atoms with van der Waals surface area (Å²) in [5.41, 5.74) is 2.85. The van der Waals surface area contributed by atoms with E-state index in [-0.39, 0.29) is 12.0 Å². The van der Waals surface area contributed by atoms with E-state index in [9.17, 15) is 4.79 Å². The van der Waals surface area contributed by atoms with Crippen molar-refractivity contribution in [3.63, 3.8) is 0 Å². The number of ether oxygens (including phenoxy) is 1. The van der Waals surface area contributed by atoms with Crippen molar-refractivity contribution in [3.05, 3.63) is 35.0 Å². The van der Waals surface area contributed by atoms with Gasteiger partial charge in [-0.15, -0.1) is 0 Å². The smallest absolute Gasteiger partial charge is 0.220 e. The SMILES string of the molecule is CSc1nccc(-c2cc(Cl)c3c(c2)C[C@@H](CNC(=O)CC2CC2)O3)n1. The van der Waals surface area contributed by atoms with Gasteiger partial charge in [0.05, 0.1) is 17.3 Å². The third-order valence-corrected chi connectivity index (χ3v) is 5.50. The maximum absolute atomic E-state index is 11.9. The summed E-state index contributed by atoms with van der Waals surface area (Å²) in [6, 6.07) is 5.82. The van der Waals surface area contributed by atoms with E-state index in [4.69, 9.17) is 16.3 Å². The molecule has 1 N–H and O–H groups in total. The fraction of sp³-hybridized carbons (Fsp3) is 0.421. The second-order valence-corrected chi connectivity index (χ2v) is 7.95. The first-order valence-electron chi connectivity index (χ1n) is 8.75. The number of amides is 1. The maximum atomic E-state index is 11.9. The van der Waals surface area contributed by atoms with Crippen LogP contribution >= 0.6 is 23.4 Å². The predicted molar refractivity (Wildman–Crippen MR) is 103 cm³/mol. The van der Waals surface area contributed by atoms with Crippen molar-refractivity contribution in [2.45, 2.75) is 36.9 Å². The maximum Gasteiger partial charge on any atom is 0.220 e. The molecule has 0 unspecified atom stereocenters. The fourth-order valence-electron chi connectivity index (χ4n) is 3.13. The lowest BCUT2D eigenvalue weighted by atomic mass is 10.0. The number of nitrogens with one attached hydrogen (secondary N) is 1. The van der Waals surface area contributed by atoms with Gasteiger partial charge in [-0.05, 0) is 43.2 Å². The first kappa shape index (κ1) is 17.6. The molecule has 26 heavy (non-hydrogen) atoms. The predicted octanol–water partition coefficient (Wildman–Crippen LogP) is 3.74. The second kappa shape index (κ2) is 7.45. The molecule has 1 fully saturated rings. The van der Waals surface area contributed by atoms with Crippen molar-refractivity contribution in [3.8, 4) is 17.0 Å². The van der Waals surface area contributed by atoms with Crippen molar-refractivity contribution in [2.24, 2.45) is 5.92 Å². The number of rotatable bonds is 6. The van der Waals surface area contributed by atoms with Gasteiger partial charge < -0.3 is 10.1 Å². The van der Waals surface area contributed by atoms with Crippen LogP contribution in [0.5, 0.6) is 5.75 Å². The molecule has 136 valence electrons. The number of nitrogens with zero attached hydrogens (tertiary/aromatic N) is 2. The highest BCUT2D eigenvalue weighted by molar-refractivity contribution is 7.98. The number of halogens is 1. The van der Waals surface area contributed by atoms with Crippen LogP contribution in [0.2, 0.25) is 5.02 Å². The molecule has 0 spiro atoms. The van der Waals surface area contributed by atoms with E-state index in [2.05, 4.69) is 21.4 Å². The molecule has 7 heteroatoms. The quantitative estimate of drug-likeness (QED) is 0.602. The highest BCUT2D eigenvalue weighted by atomic mass is 35.5. The van der Waals surface area contributed by atoms with Gasteiger partial charge in [-0.3, -0.25) is 4.79 Å². The van der Waals surface area contributed by atoms with Gasteiger partial charge in [-0.25, -0.2) is 9.97 Å². The van der Waals surface area contributed by atoms with Gasteiger partial charge in [-0.2, -0.15) is 0 Å². The molecule has 1 atom stereocenters. The number of hydrogen-bond donors (Lipinski definition) is 1. The number of hydrogen-bond acceptors (Lipinski definition) is 5. The number of fused-ring (bicyclic) bond motifs is 1. The molecule has 1 aromatic heterocycles. The Kier molecular flexibility index (Phi) is 5.05. The van der Waals surface area contributed by atoms with Gasteiger partial charge in [0, 0.05) is 30.2 Å². The van der Waals surface area contributed by atoms with Gasteiger partial charge in [0.25, 0.3) is 0 Å². The van der Waals surface area contributed by atoms with Gasteiger partial charge in [0.2, 0.25) is 5.91 Å². The van der Waals surface area contributed by atoms with Crippen molar-refractivity contribution >= 4 is 29.3 Å². The molecule has 2 aliphatic rings. The molecule has 2 heterocycles. The van der Waals surface area contributed by atoms with Crippen LogP contribution in [0.3, 0.4) is 0 Å². The largest absolute Gasteiger partial charge is 0.486 e. The van der Waals surface area contributed by atoms with E-state index >= 15 is 0 Å². The minimum absolute atomic E-state index is 0.0759. The molecule has 1 aromatic carbocycles. The third-order valence-electron chi connectivity index (χ3n) is 4.66. The second-order valence-electron chi connectivity index (χ2n) is 6.77. The molecule has 1 aliphatic carbocycles. The van der Waals surface area contributed by atoms with Crippen molar-refractivity contribution < 1.29 is 9.53 Å². The molecule has 4 rings (SSSR count). The molecule has 1 aliphatic heterocycles. The van der Waals surface area contributed by atoms with Crippen LogP contribution in [0.15, 0.2) is 29.6 Å². The summed E-state index contributed by atoms with van der Waals surface area (Å²) in [5, 5.41) is 4.29. The lowest BCUT2D eigenvalue weighted by Crippen LogP contribution is -2.34. The van der Waals surface area contributed by atoms with Gasteiger partial charge >= 0.3 is 0 Å². The van der Waals surface area contributed by atoms with Crippen LogP contribution in [0.25, 0.3) is 11.3 Å². The van der Waals surface area contributed by atoms with E-state index in [1.807, 2.05) is 18.4 Å². The number of carbonyl (C=O) groups excluding carboxylic acids is 1. The lowest BCUT2D eigenvalue weighted by Gasteiger charge is -2.12. The molecule has 5 nitrogen and oxygen atoms in total. The van der Waals surface area contributed by atoms with Crippen LogP contribution in [-0.2, 0) is 11.2 Å². The summed E-state index contributed by atoms with van der Waals surface area (Å²) in [6.07, 6.45) is 7.35. The monoisotopic (exact) mass is 389 g/mol. The average molecular weight is 390 g/mol. The summed E-state index contributed by atoms with van der Waals surface area (Å²) in [4.78, 5) is 20.6. The Morgan fingerprint density at radius 2 is 2.27 bits per heavy atom. The van der Waals surface area contributed by atoms with Crippen molar-refractivity contribution in [2.75, 3.05) is 12.8 Å². The number of carbonyl (C=O) groups is 1. The van der Waals surface area contributed by atoms with E-state index in [1.165, 1.54) is 24.6 Å². The van der Waals surface area contributed by atoms with E-state index in [0.29, 0.717) is 23.9 Å². The van der Waals surface area contributed by atoms with Crippen LogP contribution in [0.1, 0.15) is 24.8 Å². The van der Waals surface area contributed by atoms with E-state index < -0.39 is 0 Å². The van der Waals surface area contributed by atoms with Crippen LogP contribution in [-0.4, -0.2) is 34.8 Å². The standard InChI is InChI=1S/C19H20ClN3O2S/c1-26-19-21-5-4-16(23-19)12-7-13-8-14(25-18(13)15(20)9-12)10-22-17(24)6-11-2-3-11/h4-5,7,9,11,14H,2-3,6,8,10H2,1H3,(H,22,24)/t14-/m0/s1. The summed E-state index contributed by atoms with van der Waals surface area (Å²) >= 11 is 7.95. The minimum atomic E-state index is -0.0759. The first-order valence-corrected chi connectivity index (χ1v) is 10.4. The average Bonchev–Trinajstić information content (AvgIpc) is 3.35. The molecule has 0 saturated heterocycles. The Bertz CT molecular complexity index is 842. The van der Waals surface area contributed by atoms with Crippen LogP contribution < -0.4 is 10.1 Å². The summed E-state index contributed by atoms with van der Waals surface area (Å²) in [7, 11) is 0.